The van der Waals surface area contributed by atoms with Crippen molar-refractivity contribution in [3.05, 3.63) is 40.7 Å². The Morgan fingerprint density at radius 2 is 1.70 bits per heavy atom. The van der Waals surface area contributed by atoms with Gasteiger partial charge in [-0.05, 0) is 56.5 Å². The number of aryl methyl sites for hydroxylation is 1. The molecule has 8 heteroatoms. The van der Waals surface area contributed by atoms with E-state index in [1.165, 1.54) is 23.5 Å². The van der Waals surface area contributed by atoms with Crippen LogP contribution in [0.15, 0.2) is 24.3 Å². The molecule has 1 atom stereocenters. The molecule has 2 aliphatic rings. The van der Waals surface area contributed by atoms with Gasteiger partial charge in [0.2, 0.25) is 5.91 Å². The summed E-state index contributed by atoms with van der Waals surface area (Å²) < 4.78 is 13.2. The Morgan fingerprint density at radius 3 is 2.30 bits per heavy atom. The van der Waals surface area contributed by atoms with Gasteiger partial charge in [-0.25, -0.2) is 9.37 Å². The highest BCUT2D eigenvalue weighted by atomic mass is 32.1. The van der Waals surface area contributed by atoms with E-state index in [0.29, 0.717) is 29.6 Å². The topological polar surface area (TPSA) is 56.8 Å². The molecule has 6 nitrogen and oxygen atoms in total. The number of aromatic nitrogens is 1. The summed E-state index contributed by atoms with van der Waals surface area (Å²) in [6, 6.07) is 6.19. The van der Waals surface area contributed by atoms with Gasteiger partial charge >= 0.3 is 0 Å². The fourth-order valence-electron chi connectivity index (χ4n) is 4.83. The lowest BCUT2D eigenvalue weighted by atomic mass is 9.84. The van der Waals surface area contributed by atoms with Gasteiger partial charge in [0.05, 0.1) is 5.69 Å². The average Bonchev–Trinajstić information content (AvgIpc) is 3.24. The largest absolute Gasteiger partial charge is 0.340 e. The van der Waals surface area contributed by atoms with Crippen LogP contribution in [-0.2, 0) is 4.79 Å². The lowest BCUT2D eigenvalue weighted by Crippen LogP contribution is -2.51. The first-order valence-corrected chi connectivity index (χ1v) is 12.7. The standard InChI is InChI=1S/C25H33FN4O2S/c1-4-28-13-15-30(16-14-28)24(31)17(2)19-9-11-29(12-10-19)25(32)22-18(3)27-23(33-22)20-5-7-21(26)8-6-20/h5-8,17,19H,4,9-16H2,1-3H3/t17-/m1/s1. The second kappa shape index (κ2) is 10.3. The normalized spacial score (nSPS) is 19.0. The first-order chi connectivity index (χ1) is 15.9. The van der Waals surface area contributed by atoms with Crippen LogP contribution in [0.25, 0.3) is 10.6 Å². The Labute approximate surface area is 199 Å². The van der Waals surface area contributed by atoms with Crippen molar-refractivity contribution in [1.29, 1.82) is 0 Å². The summed E-state index contributed by atoms with van der Waals surface area (Å²) in [6.45, 7) is 12.0. The van der Waals surface area contributed by atoms with Gasteiger partial charge in [-0.1, -0.05) is 13.8 Å². The zero-order valence-corrected chi connectivity index (χ0v) is 20.5. The molecule has 33 heavy (non-hydrogen) atoms. The van der Waals surface area contributed by atoms with E-state index in [2.05, 4.69) is 23.7 Å². The molecule has 4 rings (SSSR count). The highest BCUT2D eigenvalue weighted by Gasteiger charge is 2.34. The van der Waals surface area contributed by atoms with Crippen molar-refractivity contribution in [3.63, 3.8) is 0 Å². The van der Waals surface area contributed by atoms with Crippen LogP contribution in [0.4, 0.5) is 4.39 Å². The van der Waals surface area contributed by atoms with Crippen LogP contribution in [0.1, 0.15) is 42.1 Å². The van der Waals surface area contributed by atoms with Crippen molar-refractivity contribution in [1.82, 2.24) is 19.7 Å². The molecule has 2 aliphatic heterocycles. The molecule has 0 unspecified atom stereocenters. The zero-order chi connectivity index (χ0) is 23.5. The van der Waals surface area contributed by atoms with Gasteiger partial charge in [-0.2, -0.15) is 0 Å². The van der Waals surface area contributed by atoms with Gasteiger partial charge in [-0.15, -0.1) is 11.3 Å². The second-order valence-corrected chi connectivity index (χ2v) is 10.1. The van der Waals surface area contributed by atoms with E-state index in [0.717, 1.165) is 56.1 Å². The SMILES string of the molecule is CCN1CCN(C(=O)[C@H](C)C2CCN(C(=O)c3sc(-c4ccc(F)cc4)nc3C)CC2)CC1. The quantitative estimate of drug-likeness (QED) is 0.662. The molecule has 0 radical (unpaired) electrons. The summed E-state index contributed by atoms with van der Waals surface area (Å²) in [5.74, 6) is 0.278. The van der Waals surface area contributed by atoms with Crippen LogP contribution in [0.2, 0.25) is 0 Å². The number of piperidine rings is 1. The first-order valence-electron chi connectivity index (χ1n) is 11.9. The summed E-state index contributed by atoms with van der Waals surface area (Å²) in [4.78, 5) is 37.7. The Hall–Kier alpha value is -2.32. The number of halogens is 1. The Morgan fingerprint density at radius 1 is 1.06 bits per heavy atom. The molecule has 0 bridgehead atoms. The maximum atomic E-state index is 13.2. The van der Waals surface area contributed by atoms with Crippen LogP contribution in [-0.4, -0.2) is 77.3 Å². The molecule has 178 valence electrons. The number of likely N-dealkylation sites (N-methyl/N-ethyl adjacent to an activating group) is 1. The maximum Gasteiger partial charge on any atom is 0.265 e. The minimum Gasteiger partial charge on any atom is -0.340 e. The molecule has 1 aromatic carbocycles. The molecule has 1 aromatic heterocycles. The number of piperazine rings is 1. The molecule has 2 saturated heterocycles. The lowest BCUT2D eigenvalue weighted by molar-refractivity contribution is -0.139. The number of hydrogen-bond donors (Lipinski definition) is 0. The number of thiazole rings is 1. The number of carbonyl (C=O) groups excluding carboxylic acids is 2. The minimum atomic E-state index is -0.290. The molecule has 0 spiro atoms. The van der Waals surface area contributed by atoms with Crippen LogP contribution in [0, 0.1) is 24.6 Å². The van der Waals surface area contributed by atoms with E-state index < -0.39 is 0 Å². The summed E-state index contributed by atoms with van der Waals surface area (Å²) >= 11 is 1.36. The molecule has 2 fully saturated rings. The van der Waals surface area contributed by atoms with Gasteiger partial charge in [0.1, 0.15) is 15.7 Å². The number of nitrogens with zero attached hydrogens (tertiary/aromatic N) is 4. The predicted octanol–water partition coefficient (Wildman–Crippen LogP) is 3.91. The van der Waals surface area contributed by atoms with Crippen molar-refractivity contribution < 1.29 is 14.0 Å². The number of amides is 2. The van der Waals surface area contributed by atoms with Gasteiger partial charge in [-0.3, -0.25) is 9.59 Å². The van der Waals surface area contributed by atoms with Crippen molar-refractivity contribution in [3.8, 4) is 10.6 Å². The number of carbonyl (C=O) groups is 2. The average molecular weight is 473 g/mol. The fraction of sp³-hybridized carbons (Fsp3) is 0.560. The minimum absolute atomic E-state index is 0.00600. The Bertz CT molecular complexity index is 977. The molecular weight excluding hydrogens is 439 g/mol. The molecule has 2 aromatic rings. The molecule has 0 saturated carbocycles. The number of benzene rings is 1. The Kier molecular flexibility index (Phi) is 7.44. The highest BCUT2D eigenvalue weighted by Crippen LogP contribution is 2.32. The van der Waals surface area contributed by atoms with Crippen LogP contribution >= 0.6 is 11.3 Å². The van der Waals surface area contributed by atoms with E-state index in [1.54, 1.807) is 12.1 Å². The zero-order valence-electron chi connectivity index (χ0n) is 19.7. The van der Waals surface area contributed by atoms with E-state index in [-0.39, 0.29) is 23.5 Å². The maximum absolute atomic E-state index is 13.2. The van der Waals surface area contributed by atoms with Crippen LogP contribution in [0.5, 0.6) is 0 Å². The number of hydrogen-bond acceptors (Lipinski definition) is 5. The van der Waals surface area contributed by atoms with E-state index in [9.17, 15) is 14.0 Å². The molecule has 0 aliphatic carbocycles. The van der Waals surface area contributed by atoms with E-state index >= 15 is 0 Å². The van der Waals surface area contributed by atoms with Crippen LogP contribution < -0.4 is 0 Å². The summed E-state index contributed by atoms with van der Waals surface area (Å²) in [6.07, 6.45) is 1.69. The summed E-state index contributed by atoms with van der Waals surface area (Å²) in [5, 5.41) is 0.730. The molecule has 2 amide bonds. The van der Waals surface area contributed by atoms with Crippen molar-refractivity contribution in [2.45, 2.75) is 33.6 Å². The van der Waals surface area contributed by atoms with Crippen LogP contribution in [0.3, 0.4) is 0 Å². The third kappa shape index (κ3) is 5.27. The number of likely N-dealkylation sites (tertiary alicyclic amines) is 1. The first kappa shape index (κ1) is 23.8. The third-order valence-corrected chi connectivity index (χ3v) is 8.33. The fourth-order valence-corrected chi connectivity index (χ4v) is 5.87. The van der Waals surface area contributed by atoms with Gasteiger partial charge in [0.15, 0.2) is 0 Å². The summed E-state index contributed by atoms with van der Waals surface area (Å²) in [5.41, 5.74) is 1.52. The molecule has 3 heterocycles. The van der Waals surface area contributed by atoms with E-state index in [1.807, 2.05) is 16.7 Å². The third-order valence-electron chi connectivity index (χ3n) is 7.14. The van der Waals surface area contributed by atoms with Gasteiger partial charge in [0, 0.05) is 50.7 Å². The summed E-state index contributed by atoms with van der Waals surface area (Å²) in [7, 11) is 0. The van der Waals surface area contributed by atoms with E-state index in [4.69, 9.17) is 0 Å². The number of rotatable bonds is 5. The smallest absolute Gasteiger partial charge is 0.265 e. The highest BCUT2D eigenvalue weighted by molar-refractivity contribution is 7.17. The van der Waals surface area contributed by atoms with Gasteiger partial charge in [0.25, 0.3) is 5.91 Å². The van der Waals surface area contributed by atoms with Crippen molar-refractivity contribution in [2.75, 3.05) is 45.8 Å². The van der Waals surface area contributed by atoms with Crippen molar-refractivity contribution >= 4 is 23.2 Å². The molecular formula is C25H33FN4O2S. The van der Waals surface area contributed by atoms with Gasteiger partial charge < -0.3 is 14.7 Å². The monoisotopic (exact) mass is 472 g/mol. The predicted molar refractivity (Wildman–Crippen MR) is 129 cm³/mol. The molecule has 0 N–H and O–H groups in total. The lowest BCUT2D eigenvalue weighted by Gasteiger charge is -2.39. The van der Waals surface area contributed by atoms with Crippen molar-refractivity contribution in [2.24, 2.45) is 11.8 Å². The second-order valence-electron chi connectivity index (χ2n) is 9.12. The Balaban J connectivity index is 1.33.